The third-order valence-corrected chi connectivity index (χ3v) is 7.27. The van der Waals surface area contributed by atoms with Gasteiger partial charge in [-0.25, -0.2) is 17.7 Å². The van der Waals surface area contributed by atoms with E-state index in [1.807, 2.05) is 17.5 Å². The van der Waals surface area contributed by atoms with Gasteiger partial charge in [0.05, 0.1) is 19.9 Å². The van der Waals surface area contributed by atoms with Gasteiger partial charge < -0.3 is 14.0 Å². The number of nitrogens with zero attached hydrogens (tertiary/aromatic N) is 4. The number of rotatable bonds is 8. The molecule has 1 aromatic carbocycles. The second-order valence-electron chi connectivity index (χ2n) is 6.73. The van der Waals surface area contributed by atoms with E-state index in [-0.39, 0.29) is 17.2 Å². The normalized spacial score (nSPS) is 11.9. The summed E-state index contributed by atoms with van der Waals surface area (Å²) in [4.78, 5) is 5.37. The summed E-state index contributed by atoms with van der Waals surface area (Å²) < 4.78 is 45.0. The molecule has 4 rings (SSSR count). The Hall–Kier alpha value is -2.96. The summed E-state index contributed by atoms with van der Waals surface area (Å²) in [5, 5.41) is 10.2. The van der Waals surface area contributed by atoms with E-state index in [2.05, 4.69) is 20.0 Å². The summed E-state index contributed by atoms with van der Waals surface area (Å²) in [6, 6.07) is 5.47. The molecule has 0 atom stereocenters. The van der Waals surface area contributed by atoms with Crippen LogP contribution in [0.1, 0.15) is 17.1 Å². The summed E-state index contributed by atoms with van der Waals surface area (Å²) in [5.41, 5.74) is 1.97. The number of ether oxygens (including phenoxy) is 2. The smallest absolute Gasteiger partial charge is 0.245 e. The van der Waals surface area contributed by atoms with Gasteiger partial charge in [-0.2, -0.15) is 4.98 Å². The molecule has 31 heavy (non-hydrogen) atoms. The largest absolute Gasteiger partial charge is 0.493 e. The van der Waals surface area contributed by atoms with Gasteiger partial charge in [-0.3, -0.25) is 0 Å². The molecule has 0 saturated heterocycles. The fraction of sp³-hybridized carbons (Fsp3) is 0.316. The lowest BCUT2D eigenvalue weighted by Crippen LogP contribution is -2.27. The maximum absolute atomic E-state index is 12.6. The molecule has 0 amide bonds. The second-order valence-corrected chi connectivity index (χ2v) is 9.27. The van der Waals surface area contributed by atoms with Crippen LogP contribution < -0.4 is 14.2 Å². The molecule has 3 aromatic heterocycles. The summed E-state index contributed by atoms with van der Waals surface area (Å²) in [5.74, 6) is 2.02. The zero-order valence-corrected chi connectivity index (χ0v) is 19.0. The highest BCUT2D eigenvalue weighted by Crippen LogP contribution is 2.31. The Morgan fingerprint density at radius 3 is 2.65 bits per heavy atom. The summed E-state index contributed by atoms with van der Waals surface area (Å²) in [7, 11) is -0.561. The van der Waals surface area contributed by atoms with Crippen LogP contribution >= 0.6 is 11.3 Å². The number of fused-ring (bicyclic) bond motifs is 1. The molecular formula is C19H21N5O5S2. The van der Waals surface area contributed by atoms with Crippen LogP contribution in [0.5, 0.6) is 11.5 Å². The van der Waals surface area contributed by atoms with E-state index in [1.54, 1.807) is 38.6 Å². The number of thiazole rings is 1. The standard InChI is InChI=1S/C19H21N5O5S2/c1-11-17(12(2)29-23-11)31(25,26)20-8-7-14-10-30-19-21-18(22-24(14)19)13-5-6-15(27-3)16(9-13)28-4/h5-6,9-10,20H,7-8H2,1-4H3. The van der Waals surface area contributed by atoms with E-state index in [1.165, 1.54) is 11.3 Å². The SMILES string of the molecule is COc1ccc(-c2nc3scc(CCNS(=O)(=O)c4c(C)noc4C)n3n2)cc1OC. The number of benzene rings is 1. The molecule has 0 aliphatic heterocycles. The lowest BCUT2D eigenvalue weighted by Gasteiger charge is -2.07. The van der Waals surface area contributed by atoms with Crippen molar-refractivity contribution in [1.29, 1.82) is 0 Å². The van der Waals surface area contributed by atoms with Crippen LogP contribution in [-0.4, -0.2) is 48.9 Å². The van der Waals surface area contributed by atoms with E-state index in [9.17, 15) is 8.42 Å². The highest BCUT2D eigenvalue weighted by molar-refractivity contribution is 7.89. The first kappa shape index (κ1) is 21.3. The van der Waals surface area contributed by atoms with Crippen molar-refractivity contribution in [1.82, 2.24) is 24.5 Å². The predicted octanol–water partition coefficient (Wildman–Crippen LogP) is 2.60. The summed E-state index contributed by atoms with van der Waals surface area (Å²) >= 11 is 1.44. The lowest BCUT2D eigenvalue weighted by molar-refractivity contribution is 0.355. The van der Waals surface area contributed by atoms with Gasteiger partial charge in [-0.05, 0) is 32.0 Å². The van der Waals surface area contributed by atoms with Crippen molar-refractivity contribution in [2.45, 2.75) is 25.2 Å². The molecule has 0 spiro atoms. The predicted molar refractivity (Wildman–Crippen MR) is 114 cm³/mol. The number of hydrogen-bond acceptors (Lipinski definition) is 9. The van der Waals surface area contributed by atoms with Crippen molar-refractivity contribution in [3.8, 4) is 22.9 Å². The molecule has 164 valence electrons. The van der Waals surface area contributed by atoms with Crippen LogP contribution in [0.2, 0.25) is 0 Å². The molecule has 0 fully saturated rings. The number of methoxy groups -OCH3 is 2. The zero-order valence-electron chi connectivity index (χ0n) is 17.4. The van der Waals surface area contributed by atoms with E-state index >= 15 is 0 Å². The molecule has 4 aromatic rings. The van der Waals surface area contributed by atoms with Crippen molar-refractivity contribution in [3.63, 3.8) is 0 Å². The molecule has 3 heterocycles. The molecular weight excluding hydrogens is 442 g/mol. The van der Waals surface area contributed by atoms with Crippen LogP contribution in [0.25, 0.3) is 16.3 Å². The third kappa shape index (κ3) is 4.01. The monoisotopic (exact) mass is 463 g/mol. The topological polar surface area (TPSA) is 121 Å². The van der Waals surface area contributed by atoms with Gasteiger partial charge >= 0.3 is 0 Å². The number of hydrogen-bond donors (Lipinski definition) is 1. The first-order chi connectivity index (χ1) is 14.8. The Morgan fingerprint density at radius 2 is 1.97 bits per heavy atom. The first-order valence-electron chi connectivity index (χ1n) is 9.32. The lowest BCUT2D eigenvalue weighted by atomic mass is 10.2. The van der Waals surface area contributed by atoms with Gasteiger partial charge in [0.2, 0.25) is 15.0 Å². The van der Waals surface area contributed by atoms with E-state index < -0.39 is 10.0 Å². The Kier molecular flexibility index (Phi) is 5.69. The molecule has 0 saturated carbocycles. The van der Waals surface area contributed by atoms with Gasteiger partial charge in [0.15, 0.2) is 23.1 Å². The molecule has 0 aliphatic rings. The zero-order chi connectivity index (χ0) is 22.2. The average molecular weight is 464 g/mol. The summed E-state index contributed by atoms with van der Waals surface area (Å²) in [6.45, 7) is 3.37. The van der Waals surface area contributed by atoms with E-state index in [0.717, 1.165) is 11.3 Å². The van der Waals surface area contributed by atoms with Gasteiger partial charge in [0, 0.05) is 23.9 Å². The minimum atomic E-state index is -3.71. The maximum Gasteiger partial charge on any atom is 0.245 e. The number of sulfonamides is 1. The van der Waals surface area contributed by atoms with Gasteiger partial charge in [-0.15, -0.1) is 16.4 Å². The fourth-order valence-corrected chi connectivity index (χ4v) is 5.45. The minimum absolute atomic E-state index is 0.0828. The molecule has 12 heteroatoms. The highest BCUT2D eigenvalue weighted by atomic mass is 32.2. The molecule has 0 unspecified atom stereocenters. The number of aromatic nitrogens is 4. The Morgan fingerprint density at radius 1 is 1.19 bits per heavy atom. The Balaban J connectivity index is 1.52. The summed E-state index contributed by atoms with van der Waals surface area (Å²) in [6.07, 6.45) is 0.442. The van der Waals surface area contributed by atoms with E-state index in [4.69, 9.17) is 14.0 Å². The third-order valence-electron chi connectivity index (χ3n) is 4.70. The van der Waals surface area contributed by atoms with Crippen LogP contribution in [0.15, 0.2) is 33.0 Å². The van der Waals surface area contributed by atoms with Crippen LogP contribution in [-0.2, 0) is 16.4 Å². The van der Waals surface area contributed by atoms with Crippen molar-refractivity contribution in [2.24, 2.45) is 0 Å². The molecule has 0 bridgehead atoms. The number of nitrogens with one attached hydrogen (secondary N) is 1. The first-order valence-corrected chi connectivity index (χ1v) is 11.7. The Labute approximate surface area is 182 Å². The Bertz CT molecular complexity index is 1320. The maximum atomic E-state index is 12.6. The molecule has 0 radical (unpaired) electrons. The van der Waals surface area contributed by atoms with Crippen molar-refractivity contribution in [2.75, 3.05) is 20.8 Å². The van der Waals surface area contributed by atoms with Crippen molar-refractivity contribution in [3.05, 3.63) is 40.7 Å². The molecule has 10 nitrogen and oxygen atoms in total. The van der Waals surface area contributed by atoms with Crippen LogP contribution in [0.3, 0.4) is 0 Å². The van der Waals surface area contributed by atoms with Gasteiger partial charge in [-0.1, -0.05) is 5.16 Å². The minimum Gasteiger partial charge on any atom is -0.493 e. The number of aryl methyl sites for hydroxylation is 2. The van der Waals surface area contributed by atoms with Crippen molar-refractivity contribution < 1.29 is 22.4 Å². The molecule has 1 N–H and O–H groups in total. The van der Waals surface area contributed by atoms with Crippen LogP contribution in [0, 0.1) is 13.8 Å². The van der Waals surface area contributed by atoms with Crippen LogP contribution in [0.4, 0.5) is 0 Å². The highest BCUT2D eigenvalue weighted by Gasteiger charge is 2.24. The molecule has 0 aliphatic carbocycles. The van der Waals surface area contributed by atoms with Crippen molar-refractivity contribution >= 4 is 26.3 Å². The van der Waals surface area contributed by atoms with Gasteiger partial charge in [0.25, 0.3) is 0 Å². The van der Waals surface area contributed by atoms with E-state index in [0.29, 0.717) is 34.4 Å². The van der Waals surface area contributed by atoms with Gasteiger partial charge in [0.1, 0.15) is 10.6 Å². The average Bonchev–Trinajstić information content (AvgIpc) is 3.42. The quantitative estimate of drug-likeness (QED) is 0.423. The second kappa shape index (κ2) is 8.29. The fourth-order valence-electron chi connectivity index (χ4n) is 3.24.